The van der Waals surface area contributed by atoms with Crippen LogP contribution in [0.15, 0.2) is 9.52 Å². The minimum absolute atomic E-state index is 0.519. The molecule has 6 nitrogen and oxygen atoms in total. The highest BCUT2D eigenvalue weighted by Crippen LogP contribution is 2.08. The van der Waals surface area contributed by atoms with Crippen molar-refractivity contribution >= 4 is 5.96 Å². The van der Waals surface area contributed by atoms with E-state index in [2.05, 4.69) is 39.6 Å². The van der Waals surface area contributed by atoms with Crippen LogP contribution in [-0.4, -0.2) is 29.7 Å². The molecular weight excluding hydrogens is 266 g/mol. The van der Waals surface area contributed by atoms with E-state index in [9.17, 15) is 0 Å². The van der Waals surface area contributed by atoms with Crippen molar-refractivity contribution in [3.05, 3.63) is 11.7 Å². The first-order chi connectivity index (χ1) is 10.1. The molecule has 0 spiro atoms. The van der Waals surface area contributed by atoms with Crippen molar-refractivity contribution in [3.63, 3.8) is 0 Å². The van der Waals surface area contributed by atoms with Crippen LogP contribution in [0.5, 0.6) is 0 Å². The molecule has 0 amide bonds. The minimum atomic E-state index is 0.519. The number of aryl methyl sites for hydroxylation is 1. The average molecular weight is 295 g/mol. The van der Waals surface area contributed by atoms with Gasteiger partial charge in [0.1, 0.15) is 0 Å². The molecule has 1 rings (SSSR count). The van der Waals surface area contributed by atoms with Gasteiger partial charge in [0, 0.05) is 20.5 Å². The first-order valence-electron chi connectivity index (χ1n) is 7.85. The van der Waals surface area contributed by atoms with Gasteiger partial charge in [0.15, 0.2) is 11.8 Å². The van der Waals surface area contributed by atoms with Crippen molar-refractivity contribution in [3.8, 4) is 0 Å². The second kappa shape index (κ2) is 10.2. The van der Waals surface area contributed by atoms with E-state index in [-0.39, 0.29) is 0 Å². The number of hydrogen-bond acceptors (Lipinski definition) is 4. The molecule has 0 unspecified atom stereocenters. The number of rotatable bonds is 9. The highest BCUT2D eigenvalue weighted by molar-refractivity contribution is 5.79. The van der Waals surface area contributed by atoms with Crippen molar-refractivity contribution in [2.24, 2.45) is 10.9 Å². The van der Waals surface area contributed by atoms with Gasteiger partial charge in [0.05, 0.1) is 6.54 Å². The second-order valence-electron chi connectivity index (χ2n) is 5.68. The van der Waals surface area contributed by atoms with E-state index >= 15 is 0 Å². The van der Waals surface area contributed by atoms with Crippen molar-refractivity contribution in [2.45, 2.75) is 59.4 Å². The molecule has 0 bridgehead atoms. The lowest BCUT2D eigenvalue weighted by atomic mass is 10.0. The fraction of sp³-hybridized carbons (Fsp3) is 0.800. The van der Waals surface area contributed by atoms with Crippen LogP contribution in [0.4, 0.5) is 0 Å². The van der Waals surface area contributed by atoms with E-state index in [0.717, 1.165) is 18.4 Å². The Morgan fingerprint density at radius 3 is 2.57 bits per heavy atom. The highest BCUT2D eigenvalue weighted by Gasteiger charge is 2.03. The second-order valence-corrected chi connectivity index (χ2v) is 5.68. The summed E-state index contributed by atoms with van der Waals surface area (Å²) in [4.78, 5) is 8.31. The van der Waals surface area contributed by atoms with E-state index in [1.807, 2.05) is 0 Å². The Bertz CT molecular complexity index is 414. The highest BCUT2D eigenvalue weighted by atomic mass is 16.5. The number of nitrogens with zero attached hydrogens (tertiary/aromatic N) is 3. The standard InChI is InChI=1S/C15H29N5O/c1-12(2)9-7-5-6-8-10-17-15(16-4)18-11-14-19-13(3)21-20-14/h12H,5-11H2,1-4H3,(H2,16,17,18). The normalized spacial score (nSPS) is 12.0. The number of guanidine groups is 1. The molecule has 0 saturated heterocycles. The van der Waals surface area contributed by atoms with Crippen LogP contribution in [-0.2, 0) is 6.54 Å². The van der Waals surface area contributed by atoms with E-state index in [1.54, 1.807) is 14.0 Å². The Morgan fingerprint density at radius 2 is 1.95 bits per heavy atom. The summed E-state index contributed by atoms with van der Waals surface area (Å²) in [6, 6.07) is 0. The lowest BCUT2D eigenvalue weighted by molar-refractivity contribution is 0.387. The molecule has 0 aliphatic heterocycles. The predicted octanol–water partition coefficient (Wildman–Crippen LogP) is 2.65. The minimum Gasteiger partial charge on any atom is -0.356 e. The van der Waals surface area contributed by atoms with Crippen molar-refractivity contribution in [1.29, 1.82) is 0 Å². The first-order valence-corrected chi connectivity index (χ1v) is 7.85. The molecule has 0 aliphatic rings. The zero-order chi connectivity index (χ0) is 15.5. The van der Waals surface area contributed by atoms with Crippen LogP contribution in [0.25, 0.3) is 0 Å². The van der Waals surface area contributed by atoms with Gasteiger partial charge in [-0.1, -0.05) is 44.7 Å². The van der Waals surface area contributed by atoms with Gasteiger partial charge in [-0.15, -0.1) is 0 Å². The molecule has 0 aliphatic carbocycles. The quantitative estimate of drug-likeness (QED) is 0.416. The van der Waals surface area contributed by atoms with Gasteiger partial charge in [0.25, 0.3) is 0 Å². The summed E-state index contributed by atoms with van der Waals surface area (Å²) in [5.74, 6) is 2.82. The van der Waals surface area contributed by atoms with Crippen molar-refractivity contribution in [1.82, 2.24) is 20.8 Å². The average Bonchev–Trinajstić information content (AvgIpc) is 2.86. The smallest absolute Gasteiger partial charge is 0.223 e. The molecule has 0 aromatic carbocycles. The molecule has 1 heterocycles. The molecule has 0 fully saturated rings. The molecular formula is C15H29N5O. The lowest BCUT2D eigenvalue weighted by Gasteiger charge is -2.10. The van der Waals surface area contributed by atoms with E-state index in [4.69, 9.17) is 4.52 Å². The molecule has 0 saturated carbocycles. The lowest BCUT2D eigenvalue weighted by Crippen LogP contribution is -2.37. The van der Waals surface area contributed by atoms with Gasteiger partial charge in [-0.05, 0) is 12.3 Å². The van der Waals surface area contributed by atoms with Crippen LogP contribution >= 0.6 is 0 Å². The third-order valence-electron chi connectivity index (χ3n) is 3.21. The third kappa shape index (κ3) is 8.32. The summed E-state index contributed by atoms with van der Waals surface area (Å²) in [7, 11) is 1.76. The van der Waals surface area contributed by atoms with Gasteiger partial charge in [0.2, 0.25) is 5.89 Å². The van der Waals surface area contributed by atoms with Crippen LogP contribution in [0.2, 0.25) is 0 Å². The zero-order valence-corrected chi connectivity index (χ0v) is 13.8. The molecule has 0 atom stereocenters. The summed E-state index contributed by atoms with van der Waals surface area (Å²) in [5, 5.41) is 10.3. The van der Waals surface area contributed by atoms with Crippen molar-refractivity contribution in [2.75, 3.05) is 13.6 Å². The van der Waals surface area contributed by atoms with Gasteiger partial charge >= 0.3 is 0 Å². The van der Waals surface area contributed by atoms with Gasteiger partial charge in [-0.3, -0.25) is 4.99 Å². The van der Waals surface area contributed by atoms with Crippen LogP contribution in [0.3, 0.4) is 0 Å². The maximum atomic E-state index is 4.92. The van der Waals surface area contributed by atoms with Crippen LogP contribution in [0, 0.1) is 12.8 Å². The fourth-order valence-electron chi connectivity index (χ4n) is 2.03. The Hall–Kier alpha value is -1.59. The number of unbranched alkanes of at least 4 members (excludes halogenated alkanes) is 3. The number of nitrogens with one attached hydrogen (secondary N) is 2. The van der Waals surface area contributed by atoms with E-state index < -0.39 is 0 Å². The topological polar surface area (TPSA) is 75.3 Å². The number of aliphatic imine (C=N–C) groups is 1. The summed E-state index contributed by atoms with van der Waals surface area (Å²) in [6.45, 7) is 7.80. The summed E-state index contributed by atoms with van der Waals surface area (Å²) < 4.78 is 4.92. The summed E-state index contributed by atoms with van der Waals surface area (Å²) >= 11 is 0. The maximum absolute atomic E-state index is 4.92. The predicted molar refractivity (Wildman–Crippen MR) is 85.2 cm³/mol. The number of hydrogen-bond donors (Lipinski definition) is 2. The molecule has 120 valence electrons. The molecule has 21 heavy (non-hydrogen) atoms. The molecule has 2 N–H and O–H groups in total. The summed E-state index contributed by atoms with van der Waals surface area (Å²) in [5.41, 5.74) is 0. The Morgan fingerprint density at radius 1 is 1.19 bits per heavy atom. The zero-order valence-electron chi connectivity index (χ0n) is 13.8. The van der Waals surface area contributed by atoms with Gasteiger partial charge in [-0.2, -0.15) is 4.98 Å². The Labute approximate surface area is 127 Å². The largest absolute Gasteiger partial charge is 0.356 e. The van der Waals surface area contributed by atoms with Gasteiger partial charge < -0.3 is 15.2 Å². The molecule has 1 aromatic rings. The monoisotopic (exact) mass is 295 g/mol. The van der Waals surface area contributed by atoms with Crippen molar-refractivity contribution < 1.29 is 4.52 Å². The Balaban J connectivity index is 2.06. The number of aromatic nitrogens is 2. The SMILES string of the molecule is CN=C(NCCCCCCC(C)C)NCc1noc(C)n1. The van der Waals surface area contributed by atoms with Gasteiger partial charge in [-0.25, -0.2) is 0 Å². The molecule has 0 radical (unpaired) electrons. The maximum Gasteiger partial charge on any atom is 0.223 e. The molecule has 6 heteroatoms. The summed E-state index contributed by atoms with van der Waals surface area (Å²) in [6.07, 6.45) is 6.41. The molecule has 1 aromatic heterocycles. The fourth-order valence-corrected chi connectivity index (χ4v) is 2.03. The first kappa shape index (κ1) is 17.5. The van der Waals surface area contributed by atoms with E-state index in [1.165, 1.54) is 32.1 Å². The Kier molecular flexibility index (Phi) is 8.47. The van der Waals surface area contributed by atoms with Crippen LogP contribution in [0.1, 0.15) is 57.7 Å². The van der Waals surface area contributed by atoms with Crippen LogP contribution < -0.4 is 10.6 Å². The van der Waals surface area contributed by atoms with E-state index in [0.29, 0.717) is 18.3 Å². The third-order valence-corrected chi connectivity index (χ3v) is 3.21.